The van der Waals surface area contributed by atoms with E-state index < -0.39 is 11.5 Å². The Kier molecular flexibility index (Phi) is 2.65. The summed E-state index contributed by atoms with van der Waals surface area (Å²) in [6.07, 6.45) is 2.42. The van der Waals surface area contributed by atoms with Crippen LogP contribution in [0, 0.1) is 0 Å². The summed E-state index contributed by atoms with van der Waals surface area (Å²) < 4.78 is 0. The first-order chi connectivity index (χ1) is 8.01. The van der Waals surface area contributed by atoms with Gasteiger partial charge in [0.1, 0.15) is 12.1 Å². The lowest BCUT2D eigenvalue weighted by atomic mass is 10.1. The van der Waals surface area contributed by atoms with Crippen LogP contribution >= 0.6 is 0 Å². The summed E-state index contributed by atoms with van der Waals surface area (Å²) in [6.45, 7) is 3.77. The van der Waals surface area contributed by atoms with Crippen LogP contribution in [0.4, 0.5) is 0 Å². The lowest BCUT2D eigenvalue weighted by Gasteiger charge is -2.40. The molecule has 0 unspecified atom stereocenters. The number of hydrogen-bond acceptors (Lipinski definition) is 3. The normalized spacial score (nSPS) is 21.5. The monoisotopic (exact) mass is 238 g/mol. The zero-order chi connectivity index (χ0) is 12.6. The molecule has 0 aromatic heterocycles. The molecule has 92 valence electrons. The van der Waals surface area contributed by atoms with Crippen LogP contribution in [0.2, 0.25) is 0 Å². The van der Waals surface area contributed by atoms with Crippen molar-refractivity contribution in [1.82, 2.24) is 9.80 Å². The summed E-state index contributed by atoms with van der Waals surface area (Å²) in [5.74, 6) is -1.54. The maximum atomic E-state index is 12.1. The van der Waals surface area contributed by atoms with Crippen LogP contribution in [0.1, 0.15) is 12.8 Å². The molecule has 6 nitrogen and oxygen atoms in total. The van der Waals surface area contributed by atoms with Gasteiger partial charge in [-0.05, 0) is 18.9 Å². The molecule has 1 aliphatic heterocycles. The largest absolute Gasteiger partial charge is 0.480 e. The van der Waals surface area contributed by atoms with Crippen molar-refractivity contribution < 1.29 is 19.5 Å². The van der Waals surface area contributed by atoms with Crippen LogP contribution < -0.4 is 0 Å². The minimum Gasteiger partial charge on any atom is -0.480 e. The van der Waals surface area contributed by atoms with Crippen LogP contribution in [0.15, 0.2) is 12.7 Å². The summed E-state index contributed by atoms with van der Waals surface area (Å²) in [4.78, 5) is 37.2. The summed E-state index contributed by atoms with van der Waals surface area (Å²) in [7, 11) is 0. The molecule has 6 heteroatoms. The van der Waals surface area contributed by atoms with E-state index >= 15 is 0 Å². The maximum Gasteiger partial charge on any atom is 0.323 e. The standard InChI is InChI=1S/C11H14N2O4/c1-2-8(14)13-6-5-12(7-9(15)16)10(17)11(13)3-4-11/h2H,1,3-7H2,(H,15,16). The van der Waals surface area contributed by atoms with E-state index in [9.17, 15) is 14.4 Å². The van der Waals surface area contributed by atoms with Crippen molar-refractivity contribution in [3.63, 3.8) is 0 Å². The molecule has 0 aromatic rings. The van der Waals surface area contributed by atoms with Crippen molar-refractivity contribution in [1.29, 1.82) is 0 Å². The number of carbonyl (C=O) groups excluding carboxylic acids is 2. The highest BCUT2D eigenvalue weighted by Gasteiger charge is 2.59. The van der Waals surface area contributed by atoms with Gasteiger partial charge in [0.2, 0.25) is 11.8 Å². The number of aliphatic carboxylic acids is 1. The van der Waals surface area contributed by atoms with Crippen molar-refractivity contribution >= 4 is 17.8 Å². The molecule has 1 N–H and O–H groups in total. The quantitative estimate of drug-likeness (QED) is 0.670. The fourth-order valence-electron chi connectivity index (χ4n) is 2.29. The van der Waals surface area contributed by atoms with E-state index in [1.165, 1.54) is 15.9 Å². The Hall–Kier alpha value is -1.85. The molecule has 1 spiro atoms. The molecule has 1 heterocycles. The highest BCUT2D eigenvalue weighted by molar-refractivity contribution is 5.99. The average Bonchev–Trinajstić information content (AvgIpc) is 3.05. The smallest absolute Gasteiger partial charge is 0.323 e. The predicted molar refractivity (Wildman–Crippen MR) is 58.1 cm³/mol. The Balaban J connectivity index is 2.16. The molecule has 1 saturated heterocycles. The van der Waals surface area contributed by atoms with Gasteiger partial charge in [0.15, 0.2) is 0 Å². The van der Waals surface area contributed by atoms with Crippen LogP contribution in [0.5, 0.6) is 0 Å². The molecule has 2 amide bonds. The van der Waals surface area contributed by atoms with E-state index in [2.05, 4.69) is 6.58 Å². The average molecular weight is 238 g/mol. The van der Waals surface area contributed by atoms with Gasteiger partial charge in [0, 0.05) is 13.1 Å². The number of nitrogens with zero attached hydrogens (tertiary/aromatic N) is 2. The molecule has 1 aliphatic carbocycles. The Morgan fingerprint density at radius 1 is 1.41 bits per heavy atom. The molecule has 1 saturated carbocycles. The first-order valence-electron chi connectivity index (χ1n) is 5.46. The molecular formula is C11H14N2O4. The van der Waals surface area contributed by atoms with Gasteiger partial charge in [-0.25, -0.2) is 0 Å². The summed E-state index contributed by atoms with van der Waals surface area (Å²) >= 11 is 0. The van der Waals surface area contributed by atoms with Gasteiger partial charge in [-0.3, -0.25) is 14.4 Å². The Bertz CT molecular complexity index is 400. The second kappa shape index (κ2) is 3.87. The van der Waals surface area contributed by atoms with E-state index in [0.717, 1.165) is 0 Å². The topological polar surface area (TPSA) is 77.9 Å². The van der Waals surface area contributed by atoms with E-state index in [1.54, 1.807) is 0 Å². The summed E-state index contributed by atoms with van der Waals surface area (Å²) in [5.41, 5.74) is -0.779. The Labute approximate surface area is 98.5 Å². The highest BCUT2D eigenvalue weighted by atomic mass is 16.4. The van der Waals surface area contributed by atoms with Crippen molar-refractivity contribution in [2.75, 3.05) is 19.6 Å². The number of piperazine rings is 1. The zero-order valence-electron chi connectivity index (χ0n) is 9.39. The second-order valence-electron chi connectivity index (χ2n) is 4.35. The summed E-state index contributed by atoms with van der Waals surface area (Å²) in [6, 6.07) is 0. The van der Waals surface area contributed by atoms with Gasteiger partial charge in [0.25, 0.3) is 0 Å². The van der Waals surface area contributed by atoms with Gasteiger partial charge in [-0.1, -0.05) is 6.58 Å². The van der Waals surface area contributed by atoms with Crippen LogP contribution in [-0.4, -0.2) is 57.9 Å². The molecule has 0 aromatic carbocycles. The van der Waals surface area contributed by atoms with Crippen molar-refractivity contribution in [3.05, 3.63) is 12.7 Å². The molecule has 2 aliphatic rings. The summed E-state index contributed by atoms with van der Waals surface area (Å²) in [5, 5.41) is 8.70. The van der Waals surface area contributed by atoms with E-state index in [4.69, 9.17) is 5.11 Å². The highest BCUT2D eigenvalue weighted by Crippen LogP contribution is 2.45. The minimum absolute atomic E-state index is 0.249. The molecular weight excluding hydrogens is 224 g/mol. The number of rotatable bonds is 3. The van der Waals surface area contributed by atoms with E-state index in [-0.39, 0.29) is 24.9 Å². The molecule has 0 atom stereocenters. The van der Waals surface area contributed by atoms with E-state index in [1.807, 2.05) is 0 Å². The van der Waals surface area contributed by atoms with Crippen LogP contribution in [0.25, 0.3) is 0 Å². The lowest BCUT2D eigenvalue weighted by Crippen LogP contribution is -2.61. The Morgan fingerprint density at radius 2 is 2.06 bits per heavy atom. The first-order valence-corrected chi connectivity index (χ1v) is 5.46. The van der Waals surface area contributed by atoms with Gasteiger partial charge < -0.3 is 14.9 Å². The number of hydrogen-bond donors (Lipinski definition) is 1. The first kappa shape index (κ1) is 11.6. The third-order valence-corrected chi connectivity index (χ3v) is 3.29. The lowest BCUT2D eigenvalue weighted by molar-refractivity contribution is -0.155. The maximum absolute atomic E-state index is 12.1. The second-order valence-corrected chi connectivity index (χ2v) is 4.35. The number of carbonyl (C=O) groups is 3. The fourth-order valence-corrected chi connectivity index (χ4v) is 2.29. The molecule has 0 bridgehead atoms. The van der Waals surface area contributed by atoms with Crippen molar-refractivity contribution in [2.24, 2.45) is 0 Å². The van der Waals surface area contributed by atoms with Gasteiger partial charge in [0.05, 0.1) is 0 Å². The van der Waals surface area contributed by atoms with Gasteiger partial charge >= 0.3 is 5.97 Å². The molecule has 2 fully saturated rings. The van der Waals surface area contributed by atoms with Crippen LogP contribution in [-0.2, 0) is 14.4 Å². The number of carboxylic acid groups (broad SMARTS) is 1. The van der Waals surface area contributed by atoms with Crippen molar-refractivity contribution in [3.8, 4) is 0 Å². The van der Waals surface area contributed by atoms with E-state index in [0.29, 0.717) is 19.4 Å². The molecule has 2 rings (SSSR count). The minimum atomic E-state index is -1.03. The predicted octanol–water partition coefficient (Wildman–Crippen LogP) is -0.540. The molecule has 0 radical (unpaired) electrons. The zero-order valence-corrected chi connectivity index (χ0v) is 9.39. The third-order valence-electron chi connectivity index (χ3n) is 3.29. The van der Waals surface area contributed by atoms with Gasteiger partial charge in [-0.2, -0.15) is 0 Å². The fraction of sp³-hybridized carbons (Fsp3) is 0.545. The SMILES string of the molecule is C=CC(=O)N1CCN(CC(=O)O)C(=O)C12CC2. The van der Waals surface area contributed by atoms with Crippen LogP contribution in [0.3, 0.4) is 0 Å². The molecule has 17 heavy (non-hydrogen) atoms. The number of amides is 2. The van der Waals surface area contributed by atoms with Gasteiger partial charge in [-0.15, -0.1) is 0 Å². The third kappa shape index (κ3) is 1.79. The number of carboxylic acids is 1. The Morgan fingerprint density at radius 3 is 2.53 bits per heavy atom. The van der Waals surface area contributed by atoms with Crippen molar-refractivity contribution in [2.45, 2.75) is 18.4 Å².